The molecule has 2 N–H and O–H groups in total. The summed E-state index contributed by atoms with van der Waals surface area (Å²) in [5, 5.41) is 11.9. The molecule has 0 radical (unpaired) electrons. The zero-order valence-electron chi connectivity index (χ0n) is 9.71. The Morgan fingerprint density at radius 3 is 2.53 bits per heavy atom. The summed E-state index contributed by atoms with van der Waals surface area (Å²) in [4.78, 5) is 11.1. The molecule has 1 aromatic rings. The van der Waals surface area contributed by atoms with Crippen LogP contribution in [0.5, 0.6) is 0 Å². The van der Waals surface area contributed by atoms with E-state index in [1.807, 2.05) is 13.8 Å². The quantitative estimate of drug-likeness (QED) is 0.835. The Labute approximate surface area is 98.5 Å². The second-order valence-corrected chi connectivity index (χ2v) is 3.92. The van der Waals surface area contributed by atoms with Crippen LogP contribution < -0.4 is 5.32 Å². The van der Waals surface area contributed by atoms with Crippen molar-refractivity contribution in [1.29, 1.82) is 0 Å². The van der Waals surface area contributed by atoms with Crippen LogP contribution in [0.2, 0.25) is 0 Å². The molecule has 0 fully saturated rings. The Hall–Kier alpha value is -1.49. The van der Waals surface area contributed by atoms with Gasteiger partial charge in [-0.1, -0.05) is 13.0 Å². The molecule has 0 saturated carbocycles. The van der Waals surface area contributed by atoms with Gasteiger partial charge >= 0.3 is 5.97 Å². The second-order valence-electron chi connectivity index (χ2n) is 3.92. The minimum atomic E-state index is -1.11. The molecular formula is C12H15F2NO2. The van der Waals surface area contributed by atoms with Crippen LogP contribution >= 0.6 is 0 Å². The van der Waals surface area contributed by atoms with Crippen LogP contribution in [-0.2, 0) is 4.79 Å². The van der Waals surface area contributed by atoms with Crippen LogP contribution in [-0.4, -0.2) is 17.1 Å². The van der Waals surface area contributed by atoms with Gasteiger partial charge in [-0.25, -0.2) is 8.78 Å². The number of halogens is 2. The van der Waals surface area contributed by atoms with E-state index >= 15 is 0 Å². The van der Waals surface area contributed by atoms with Gasteiger partial charge in [0.05, 0.1) is 0 Å². The summed E-state index contributed by atoms with van der Waals surface area (Å²) in [6.45, 7) is 3.73. The molecule has 0 spiro atoms. The van der Waals surface area contributed by atoms with Gasteiger partial charge in [0.1, 0.15) is 6.04 Å². The maximum atomic E-state index is 13.0. The Morgan fingerprint density at radius 2 is 2.06 bits per heavy atom. The van der Waals surface area contributed by atoms with Crippen LogP contribution in [0.1, 0.15) is 31.9 Å². The van der Waals surface area contributed by atoms with Crippen molar-refractivity contribution in [2.24, 2.45) is 0 Å². The van der Waals surface area contributed by atoms with Crippen molar-refractivity contribution < 1.29 is 18.7 Å². The Balaban J connectivity index is 2.97. The van der Waals surface area contributed by atoms with E-state index in [1.165, 1.54) is 6.07 Å². The van der Waals surface area contributed by atoms with Crippen LogP contribution in [0.3, 0.4) is 0 Å². The van der Waals surface area contributed by atoms with E-state index in [-0.39, 0.29) is 11.6 Å². The van der Waals surface area contributed by atoms with E-state index < -0.39 is 23.6 Å². The van der Waals surface area contributed by atoms with Gasteiger partial charge in [0.25, 0.3) is 0 Å². The van der Waals surface area contributed by atoms with E-state index in [9.17, 15) is 13.6 Å². The molecule has 0 heterocycles. The van der Waals surface area contributed by atoms with E-state index in [0.29, 0.717) is 0 Å². The number of carboxylic acid groups (broad SMARTS) is 1. The standard InChI is InChI=1S/C12H15F2NO2/c1-3-7(2)15-11(12(16)17)8-4-5-9(13)10(14)6-8/h4-7,11,15H,3H2,1-2H3,(H,16,17). The number of nitrogens with one attached hydrogen (secondary N) is 1. The van der Waals surface area contributed by atoms with Crippen molar-refractivity contribution in [2.45, 2.75) is 32.4 Å². The van der Waals surface area contributed by atoms with E-state index in [2.05, 4.69) is 5.32 Å². The molecule has 17 heavy (non-hydrogen) atoms. The van der Waals surface area contributed by atoms with Crippen LogP contribution in [0.4, 0.5) is 8.78 Å². The predicted octanol–water partition coefficient (Wildman–Crippen LogP) is 2.48. The highest BCUT2D eigenvalue weighted by molar-refractivity contribution is 5.75. The Morgan fingerprint density at radius 1 is 1.41 bits per heavy atom. The average molecular weight is 243 g/mol. The summed E-state index contributed by atoms with van der Waals surface area (Å²) in [6, 6.07) is 2.05. The molecule has 5 heteroatoms. The first-order chi connectivity index (χ1) is 7.95. The van der Waals surface area contributed by atoms with Gasteiger partial charge in [-0.15, -0.1) is 0 Å². The third kappa shape index (κ3) is 3.49. The molecule has 94 valence electrons. The first-order valence-electron chi connectivity index (χ1n) is 5.39. The predicted molar refractivity (Wildman–Crippen MR) is 59.6 cm³/mol. The fraction of sp³-hybridized carbons (Fsp3) is 0.417. The minimum absolute atomic E-state index is 0.0239. The van der Waals surface area contributed by atoms with Gasteiger partial charge in [-0.05, 0) is 31.0 Å². The second kappa shape index (κ2) is 5.72. The largest absolute Gasteiger partial charge is 0.480 e. The van der Waals surface area contributed by atoms with Crippen molar-refractivity contribution >= 4 is 5.97 Å². The fourth-order valence-electron chi connectivity index (χ4n) is 1.40. The molecule has 1 rings (SSSR count). The molecule has 0 bridgehead atoms. The summed E-state index contributed by atoms with van der Waals surface area (Å²) in [7, 11) is 0. The maximum absolute atomic E-state index is 13.0. The Bertz CT molecular complexity index is 409. The molecule has 1 aromatic carbocycles. The van der Waals surface area contributed by atoms with Crippen molar-refractivity contribution in [3.8, 4) is 0 Å². The summed E-state index contributed by atoms with van der Waals surface area (Å²) >= 11 is 0. The summed E-state index contributed by atoms with van der Waals surface area (Å²) in [5.41, 5.74) is 0.205. The van der Waals surface area contributed by atoms with Gasteiger partial charge in [0.2, 0.25) is 0 Å². The monoisotopic (exact) mass is 243 g/mol. The lowest BCUT2D eigenvalue weighted by atomic mass is 10.1. The van der Waals surface area contributed by atoms with Crippen molar-refractivity contribution in [2.75, 3.05) is 0 Å². The topological polar surface area (TPSA) is 49.3 Å². The number of hydrogen-bond donors (Lipinski definition) is 2. The molecule has 0 aliphatic heterocycles. The van der Waals surface area contributed by atoms with Gasteiger partial charge < -0.3 is 5.11 Å². The number of carboxylic acids is 1. The number of rotatable bonds is 5. The molecule has 0 amide bonds. The van der Waals surface area contributed by atoms with Crippen LogP contribution in [0.25, 0.3) is 0 Å². The van der Waals surface area contributed by atoms with Crippen molar-refractivity contribution in [1.82, 2.24) is 5.32 Å². The highest BCUT2D eigenvalue weighted by Crippen LogP contribution is 2.17. The van der Waals surface area contributed by atoms with Crippen LogP contribution in [0.15, 0.2) is 18.2 Å². The van der Waals surface area contributed by atoms with Gasteiger partial charge in [-0.3, -0.25) is 10.1 Å². The molecule has 0 saturated heterocycles. The summed E-state index contributed by atoms with van der Waals surface area (Å²) < 4.78 is 25.8. The lowest BCUT2D eigenvalue weighted by Gasteiger charge is -2.19. The highest BCUT2D eigenvalue weighted by atomic mass is 19.2. The molecular weight excluding hydrogens is 228 g/mol. The lowest BCUT2D eigenvalue weighted by molar-refractivity contribution is -0.139. The van der Waals surface area contributed by atoms with Crippen molar-refractivity contribution in [3.63, 3.8) is 0 Å². The van der Waals surface area contributed by atoms with E-state index in [1.54, 1.807) is 0 Å². The number of hydrogen-bond acceptors (Lipinski definition) is 2. The van der Waals surface area contributed by atoms with E-state index in [4.69, 9.17) is 5.11 Å². The fourth-order valence-corrected chi connectivity index (χ4v) is 1.40. The first kappa shape index (κ1) is 13.6. The molecule has 2 atom stereocenters. The Kier molecular flexibility index (Phi) is 4.57. The molecule has 0 aromatic heterocycles. The zero-order valence-corrected chi connectivity index (χ0v) is 9.71. The summed E-state index contributed by atoms with van der Waals surface area (Å²) in [5.74, 6) is -3.14. The summed E-state index contributed by atoms with van der Waals surface area (Å²) in [6.07, 6.45) is 0.744. The number of benzene rings is 1. The smallest absolute Gasteiger partial charge is 0.325 e. The average Bonchev–Trinajstić information content (AvgIpc) is 2.29. The third-order valence-corrected chi connectivity index (χ3v) is 2.59. The molecule has 0 aliphatic carbocycles. The highest BCUT2D eigenvalue weighted by Gasteiger charge is 2.22. The van der Waals surface area contributed by atoms with Gasteiger partial charge in [0.15, 0.2) is 11.6 Å². The van der Waals surface area contributed by atoms with Crippen molar-refractivity contribution in [3.05, 3.63) is 35.4 Å². The van der Waals surface area contributed by atoms with Crippen LogP contribution in [0, 0.1) is 11.6 Å². The normalized spacial score (nSPS) is 14.4. The SMILES string of the molecule is CCC(C)NC(C(=O)O)c1ccc(F)c(F)c1. The lowest BCUT2D eigenvalue weighted by Crippen LogP contribution is -2.35. The molecule has 2 unspecified atom stereocenters. The minimum Gasteiger partial charge on any atom is -0.480 e. The first-order valence-corrected chi connectivity index (χ1v) is 5.39. The maximum Gasteiger partial charge on any atom is 0.325 e. The van der Waals surface area contributed by atoms with Gasteiger partial charge in [0, 0.05) is 6.04 Å². The van der Waals surface area contributed by atoms with Gasteiger partial charge in [-0.2, -0.15) is 0 Å². The van der Waals surface area contributed by atoms with E-state index in [0.717, 1.165) is 18.6 Å². The molecule has 0 aliphatic rings. The third-order valence-electron chi connectivity index (χ3n) is 2.59. The number of aliphatic carboxylic acids is 1. The zero-order chi connectivity index (χ0) is 13.0. The molecule has 3 nitrogen and oxygen atoms in total. The number of carbonyl (C=O) groups is 1.